The van der Waals surface area contributed by atoms with Crippen LogP contribution in [0.2, 0.25) is 0 Å². The molecule has 0 aliphatic carbocycles. The van der Waals surface area contributed by atoms with E-state index in [2.05, 4.69) is 5.32 Å². The number of methoxy groups -OCH3 is 2. The maximum atomic E-state index is 12.5. The maximum Gasteiger partial charge on any atom is 0.338 e. The molecule has 1 aromatic carbocycles. The number of ether oxygens (including phenoxy) is 2. The van der Waals surface area contributed by atoms with Gasteiger partial charge in [0.15, 0.2) is 5.11 Å². The molecule has 5 nitrogen and oxygen atoms in total. The first-order valence-corrected chi connectivity index (χ1v) is 8.92. The molecule has 0 fully saturated rings. The van der Waals surface area contributed by atoms with E-state index in [0.717, 1.165) is 22.0 Å². The highest BCUT2D eigenvalue weighted by atomic mass is 32.1. The van der Waals surface area contributed by atoms with Gasteiger partial charge in [-0.2, -0.15) is 0 Å². The average molecular weight is 374 g/mol. The normalized spacial score (nSPS) is 17.3. The maximum absolute atomic E-state index is 12.5. The molecule has 0 saturated carbocycles. The number of thiocarbonyl (C=S) groups is 1. The van der Waals surface area contributed by atoms with Crippen LogP contribution in [0.25, 0.3) is 0 Å². The van der Waals surface area contributed by atoms with Gasteiger partial charge in [0.1, 0.15) is 5.75 Å². The summed E-state index contributed by atoms with van der Waals surface area (Å²) in [6.45, 7) is 1.88. The molecule has 0 spiro atoms. The first-order chi connectivity index (χ1) is 12.1. The summed E-state index contributed by atoms with van der Waals surface area (Å²) in [6, 6.07) is 11.1. The summed E-state index contributed by atoms with van der Waals surface area (Å²) in [4.78, 5) is 15.3. The number of benzene rings is 1. The van der Waals surface area contributed by atoms with Crippen molar-refractivity contribution in [3.63, 3.8) is 0 Å². The molecule has 0 radical (unpaired) electrons. The SMILES string of the molecule is COC(=O)C1=C(C)N(c2ccc(OC)cc2)C(=S)N[C@@H]1c1cccs1. The van der Waals surface area contributed by atoms with Crippen molar-refractivity contribution in [2.45, 2.75) is 13.0 Å². The Labute approximate surface area is 155 Å². The monoisotopic (exact) mass is 374 g/mol. The molecule has 1 N–H and O–H groups in total. The lowest BCUT2D eigenvalue weighted by Crippen LogP contribution is -2.47. The zero-order valence-corrected chi connectivity index (χ0v) is 15.7. The van der Waals surface area contributed by atoms with E-state index in [0.29, 0.717) is 10.7 Å². The lowest BCUT2D eigenvalue weighted by molar-refractivity contribution is -0.136. The Morgan fingerprint density at radius 1 is 1.24 bits per heavy atom. The van der Waals surface area contributed by atoms with Crippen molar-refractivity contribution in [2.75, 3.05) is 19.1 Å². The molecule has 1 aliphatic rings. The van der Waals surface area contributed by atoms with Crippen molar-refractivity contribution in [2.24, 2.45) is 0 Å². The van der Waals surface area contributed by atoms with Crippen LogP contribution >= 0.6 is 23.6 Å². The summed E-state index contributed by atoms with van der Waals surface area (Å²) in [7, 11) is 3.01. The van der Waals surface area contributed by atoms with Crippen LogP contribution in [0, 0.1) is 0 Å². The van der Waals surface area contributed by atoms with E-state index in [1.54, 1.807) is 18.4 Å². The lowest BCUT2D eigenvalue weighted by atomic mass is 10.0. The fraction of sp³-hybridized carbons (Fsp3) is 0.222. The predicted molar refractivity (Wildman–Crippen MR) is 103 cm³/mol. The fourth-order valence-electron chi connectivity index (χ4n) is 2.83. The van der Waals surface area contributed by atoms with Gasteiger partial charge in [0.25, 0.3) is 0 Å². The Hall–Kier alpha value is -2.38. The Balaban J connectivity index is 2.08. The van der Waals surface area contributed by atoms with Gasteiger partial charge in [0, 0.05) is 16.3 Å². The number of anilines is 1. The van der Waals surface area contributed by atoms with Crippen molar-refractivity contribution in [1.82, 2.24) is 5.32 Å². The van der Waals surface area contributed by atoms with Crippen LogP contribution in [0.4, 0.5) is 5.69 Å². The summed E-state index contributed by atoms with van der Waals surface area (Å²) >= 11 is 7.14. The molecule has 130 valence electrons. The second-order valence-electron chi connectivity index (χ2n) is 5.42. The molecule has 1 atom stereocenters. The summed E-state index contributed by atoms with van der Waals surface area (Å²) in [5, 5.41) is 5.78. The molecular weight excluding hydrogens is 356 g/mol. The van der Waals surface area contributed by atoms with Crippen LogP contribution < -0.4 is 15.0 Å². The molecule has 2 aromatic rings. The number of hydrogen-bond acceptors (Lipinski definition) is 5. The molecule has 0 unspecified atom stereocenters. The van der Waals surface area contributed by atoms with Crippen LogP contribution in [0.5, 0.6) is 5.75 Å². The van der Waals surface area contributed by atoms with E-state index in [4.69, 9.17) is 21.7 Å². The van der Waals surface area contributed by atoms with E-state index >= 15 is 0 Å². The number of carbonyl (C=O) groups excluding carboxylic acids is 1. The molecule has 1 aromatic heterocycles. The zero-order chi connectivity index (χ0) is 18.0. The quantitative estimate of drug-likeness (QED) is 0.651. The van der Waals surface area contributed by atoms with Crippen LogP contribution in [-0.4, -0.2) is 25.3 Å². The first kappa shape index (κ1) is 17.4. The first-order valence-electron chi connectivity index (χ1n) is 7.64. The van der Waals surface area contributed by atoms with Crippen molar-refractivity contribution in [3.8, 4) is 5.75 Å². The number of nitrogens with zero attached hydrogens (tertiary/aromatic N) is 1. The number of carbonyl (C=O) groups is 1. The molecular formula is C18H18N2O3S2. The van der Waals surface area contributed by atoms with Gasteiger partial charge in [-0.05, 0) is 54.9 Å². The molecule has 25 heavy (non-hydrogen) atoms. The average Bonchev–Trinajstić information content (AvgIpc) is 3.16. The minimum atomic E-state index is -0.371. The van der Waals surface area contributed by atoms with E-state index in [9.17, 15) is 4.79 Å². The van der Waals surface area contributed by atoms with Gasteiger partial charge in [-0.1, -0.05) is 6.07 Å². The third-order valence-electron chi connectivity index (χ3n) is 4.05. The van der Waals surface area contributed by atoms with Crippen LogP contribution in [0.3, 0.4) is 0 Å². The van der Waals surface area contributed by atoms with Gasteiger partial charge < -0.3 is 14.8 Å². The van der Waals surface area contributed by atoms with E-state index in [1.807, 2.05) is 53.6 Å². The van der Waals surface area contributed by atoms with Gasteiger partial charge in [-0.15, -0.1) is 11.3 Å². The minimum absolute atomic E-state index is 0.311. The smallest absolute Gasteiger partial charge is 0.338 e. The van der Waals surface area contributed by atoms with Crippen molar-refractivity contribution >= 4 is 40.3 Å². The third kappa shape index (κ3) is 3.25. The number of nitrogens with one attached hydrogen (secondary N) is 1. The minimum Gasteiger partial charge on any atom is -0.497 e. The molecule has 3 rings (SSSR count). The van der Waals surface area contributed by atoms with Gasteiger partial charge in [0.2, 0.25) is 0 Å². The Morgan fingerprint density at radius 3 is 2.52 bits per heavy atom. The summed E-state index contributed by atoms with van der Waals surface area (Å²) < 4.78 is 10.2. The Kier molecular flexibility index (Phi) is 5.06. The Morgan fingerprint density at radius 2 is 1.96 bits per heavy atom. The highest BCUT2D eigenvalue weighted by molar-refractivity contribution is 7.80. The van der Waals surface area contributed by atoms with Gasteiger partial charge in [-0.3, -0.25) is 4.90 Å². The number of allylic oxidation sites excluding steroid dienone is 1. The topological polar surface area (TPSA) is 50.8 Å². The summed E-state index contributed by atoms with van der Waals surface area (Å²) in [6.07, 6.45) is 0. The van der Waals surface area contributed by atoms with Crippen molar-refractivity contribution in [1.29, 1.82) is 0 Å². The second-order valence-corrected chi connectivity index (χ2v) is 6.79. The van der Waals surface area contributed by atoms with Gasteiger partial charge in [0.05, 0.1) is 25.8 Å². The molecule has 1 aliphatic heterocycles. The molecule has 0 saturated heterocycles. The van der Waals surface area contributed by atoms with E-state index in [-0.39, 0.29) is 12.0 Å². The highest BCUT2D eigenvalue weighted by Gasteiger charge is 2.35. The predicted octanol–water partition coefficient (Wildman–Crippen LogP) is 3.64. The number of esters is 1. The third-order valence-corrected chi connectivity index (χ3v) is 5.29. The standard InChI is InChI=1S/C18H18N2O3S2/c1-11-15(17(21)23-3)16(14-5-4-10-25-14)19-18(24)20(11)12-6-8-13(22-2)9-7-12/h4-10,16H,1-3H3,(H,19,24)/t16-/m1/s1. The highest BCUT2D eigenvalue weighted by Crippen LogP contribution is 2.36. The summed E-state index contributed by atoms with van der Waals surface area (Å²) in [5.74, 6) is 0.385. The molecule has 2 heterocycles. The van der Waals surface area contributed by atoms with Crippen LogP contribution in [0.1, 0.15) is 17.8 Å². The lowest BCUT2D eigenvalue weighted by Gasteiger charge is -2.37. The van der Waals surface area contributed by atoms with Crippen LogP contribution in [-0.2, 0) is 9.53 Å². The molecule has 7 heteroatoms. The number of thiophene rings is 1. The number of hydrogen-bond donors (Lipinski definition) is 1. The van der Waals surface area contributed by atoms with Gasteiger partial charge in [-0.25, -0.2) is 4.79 Å². The fourth-order valence-corrected chi connectivity index (χ4v) is 3.97. The Bertz CT molecular complexity index is 813. The van der Waals surface area contributed by atoms with Crippen molar-refractivity contribution in [3.05, 3.63) is 57.9 Å². The molecule has 0 amide bonds. The van der Waals surface area contributed by atoms with Gasteiger partial charge >= 0.3 is 5.97 Å². The zero-order valence-electron chi connectivity index (χ0n) is 14.1. The number of rotatable bonds is 4. The largest absolute Gasteiger partial charge is 0.497 e. The second kappa shape index (κ2) is 7.25. The summed E-state index contributed by atoms with van der Waals surface area (Å²) in [5.41, 5.74) is 2.15. The molecule has 0 bridgehead atoms. The van der Waals surface area contributed by atoms with Crippen LogP contribution in [0.15, 0.2) is 53.0 Å². The van der Waals surface area contributed by atoms with E-state index in [1.165, 1.54) is 7.11 Å². The van der Waals surface area contributed by atoms with Crippen molar-refractivity contribution < 1.29 is 14.3 Å². The van der Waals surface area contributed by atoms with E-state index < -0.39 is 0 Å².